The summed E-state index contributed by atoms with van der Waals surface area (Å²) in [6.07, 6.45) is 0. The monoisotopic (exact) mass is 344 g/mol. The number of fused-ring (bicyclic) bond motifs is 1. The third-order valence-corrected chi connectivity index (χ3v) is 3.97. The van der Waals surface area contributed by atoms with Crippen molar-refractivity contribution in [3.63, 3.8) is 0 Å². The first-order chi connectivity index (χ1) is 11.4. The Morgan fingerprint density at radius 3 is 2.54 bits per heavy atom. The van der Waals surface area contributed by atoms with Crippen molar-refractivity contribution in [2.75, 3.05) is 16.8 Å². The maximum Gasteiger partial charge on any atom is 0.271 e. The molecule has 0 atom stereocenters. The molecule has 2 aromatic rings. The van der Waals surface area contributed by atoms with Gasteiger partial charge in [0.05, 0.1) is 11.4 Å². The first-order valence-electron chi connectivity index (χ1n) is 7.52. The smallest absolute Gasteiger partial charge is 0.271 e. The van der Waals surface area contributed by atoms with Crippen molar-refractivity contribution < 1.29 is 14.3 Å². The van der Waals surface area contributed by atoms with Gasteiger partial charge in [-0.1, -0.05) is 23.7 Å². The Bertz CT molecular complexity index is 787. The summed E-state index contributed by atoms with van der Waals surface area (Å²) in [6, 6.07) is 14.0. The molecule has 0 bridgehead atoms. The fraction of sp³-hybridized carbons (Fsp3) is 0.222. The third-order valence-electron chi connectivity index (χ3n) is 3.72. The van der Waals surface area contributed by atoms with E-state index in [1.165, 1.54) is 4.90 Å². The van der Waals surface area contributed by atoms with Crippen molar-refractivity contribution in [2.24, 2.45) is 0 Å². The maximum absolute atomic E-state index is 13.0. The van der Waals surface area contributed by atoms with Gasteiger partial charge in [0, 0.05) is 5.02 Å². The van der Waals surface area contributed by atoms with E-state index >= 15 is 0 Å². The lowest BCUT2D eigenvalue weighted by molar-refractivity contribution is -0.132. The predicted molar refractivity (Wildman–Crippen MR) is 93.6 cm³/mol. The van der Waals surface area contributed by atoms with Crippen molar-refractivity contribution in [3.8, 4) is 5.75 Å². The SMILES string of the molecule is CC(C)(Oc1ccc(Cl)cc1)C(=O)N1CC(=O)Nc2ccccc21. The lowest BCUT2D eigenvalue weighted by atomic mass is 10.1. The van der Waals surface area contributed by atoms with E-state index in [2.05, 4.69) is 5.32 Å². The Balaban J connectivity index is 1.87. The molecule has 5 nitrogen and oxygen atoms in total. The quantitative estimate of drug-likeness (QED) is 0.927. The third kappa shape index (κ3) is 3.21. The molecule has 0 spiro atoms. The molecule has 6 heteroatoms. The normalized spacial score (nSPS) is 14.0. The molecule has 1 heterocycles. The zero-order valence-electron chi connectivity index (χ0n) is 13.4. The summed E-state index contributed by atoms with van der Waals surface area (Å²) in [6.45, 7) is 3.32. The topological polar surface area (TPSA) is 58.6 Å². The Morgan fingerprint density at radius 2 is 1.83 bits per heavy atom. The maximum atomic E-state index is 13.0. The number of nitrogens with one attached hydrogen (secondary N) is 1. The van der Waals surface area contributed by atoms with E-state index in [9.17, 15) is 9.59 Å². The number of carbonyl (C=O) groups is 2. The van der Waals surface area contributed by atoms with Crippen LogP contribution in [0.3, 0.4) is 0 Å². The van der Waals surface area contributed by atoms with Crippen molar-refractivity contribution in [1.29, 1.82) is 0 Å². The van der Waals surface area contributed by atoms with Crippen LogP contribution in [-0.4, -0.2) is 24.0 Å². The molecule has 2 aromatic carbocycles. The van der Waals surface area contributed by atoms with Gasteiger partial charge in [0.1, 0.15) is 12.3 Å². The van der Waals surface area contributed by atoms with Crippen LogP contribution in [0.15, 0.2) is 48.5 Å². The highest BCUT2D eigenvalue weighted by molar-refractivity contribution is 6.30. The average molecular weight is 345 g/mol. The fourth-order valence-corrected chi connectivity index (χ4v) is 2.71. The largest absolute Gasteiger partial charge is 0.478 e. The number of carbonyl (C=O) groups excluding carboxylic acids is 2. The molecule has 2 amide bonds. The molecule has 0 saturated carbocycles. The van der Waals surface area contributed by atoms with Gasteiger partial charge in [-0.15, -0.1) is 0 Å². The van der Waals surface area contributed by atoms with E-state index in [1.54, 1.807) is 50.2 Å². The summed E-state index contributed by atoms with van der Waals surface area (Å²) < 4.78 is 5.84. The van der Waals surface area contributed by atoms with E-state index < -0.39 is 5.60 Å². The van der Waals surface area contributed by atoms with Crippen LogP contribution >= 0.6 is 11.6 Å². The molecule has 0 aromatic heterocycles. The van der Waals surface area contributed by atoms with Crippen molar-refractivity contribution >= 4 is 34.8 Å². The van der Waals surface area contributed by atoms with Gasteiger partial charge in [-0.3, -0.25) is 14.5 Å². The molecule has 124 valence electrons. The van der Waals surface area contributed by atoms with Gasteiger partial charge >= 0.3 is 0 Å². The predicted octanol–water partition coefficient (Wildman–Crippen LogP) is 3.48. The lowest BCUT2D eigenvalue weighted by Gasteiger charge is -2.35. The van der Waals surface area contributed by atoms with E-state index in [0.717, 1.165) is 0 Å². The number of para-hydroxylation sites is 2. The van der Waals surface area contributed by atoms with E-state index in [4.69, 9.17) is 16.3 Å². The van der Waals surface area contributed by atoms with Gasteiger partial charge in [-0.2, -0.15) is 0 Å². The minimum absolute atomic E-state index is 0.0384. The highest BCUT2D eigenvalue weighted by atomic mass is 35.5. The number of hydrogen-bond acceptors (Lipinski definition) is 3. The molecule has 1 aliphatic heterocycles. The summed E-state index contributed by atoms with van der Waals surface area (Å²) in [5, 5.41) is 3.35. The van der Waals surface area contributed by atoms with Gasteiger partial charge in [0.15, 0.2) is 5.60 Å². The molecule has 0 radical (unpaired) electrons. The van der Waals surface area contributed by atoms with E-state index in [1.807, 2.05) is 12.1 Å². The molecule has 0 saturated heterocycles. The molecule has 0 unspecified atom stereocenters. The number of rotatable bonds is 3. The van der Waals surface area contributed by atoms with Gasteiger partial charge in [-0.05, 0) is 50.2 Å². The van der Waals surface area contributed by atoms with Crippen LogP contribution in [0.4, 0.5) is 11.4 Å². The lowest BCUT2D eigenvalue weighted by Crippen LogP contribution is -2.53. The van der Waals surface area contributed by atoms with Crippen LogP contribution in [0.5, 0.6) is 5.75 Å². The zero-order valence-corrected chi connectivity index (χ0v) is 14.1. The van der Waals surface area contributed by atoms with E-state index in [0.29, 0.717) is 22.1 Å². The Morgan fingerprint density at radius 1 is 1.17 bits per heavy atom. The van der Waals surface area contributed by atoms with Crippen molar-refractivity contribution in [2.45, 2.75) is 19.4 Å². The first-order valence-corrected chi connectivity index (χ1v) is 7.90. The summed E-state index contributed by atoms with van der Waals surface area (Å²) in [5.74, 6) is 0.0107. The van der Waals surface area contributed by atoms with Crippen LogP contribution in [0, 0.1) is 0 Å². The second-order valence-corrected chi connectivity index (χ2v) is 6.46. The Labute approximate surface area is 145 Å². The Hall–Kier alpha value is -2.53. The summed E-state index contributed by atoms with van der Waals surface area (Å²) in [4.78, 5) is 26.3. The van der Waals surface area contributed by atoms with Crippen LogP contribution in [0.2, 0.25) is 5.02 Å². The molecule has 1 N–H and O–H groups in total. The van der Waals surface area contributed by atoms with Crippen LogP contribution in [0.25, 0.3) is 0 Å². The fourth-order valence-electron chi connectivity index (χ4n) is 2.58. The average Bonchev–Trinajstić information content (AvgIpc) is 2.55. The second kappa shape index (κ2) is 6.17. The van der Waals surface area contributed by atoms with E-state index in [-0.39, 0.29) is 18.4 Å². The minimum Gasteiger partial charge on any atom is -0.478 e. The minimum atomic E-state index is -1.14. The summed E-state index contributed by atoms with van der Waals surface area (Å²) in [7, 11) is 0. The van der Waals surface area contributed by atoms with Gasteiger partial charge < -0.3 is 10.1 Å². The first kappa shape index (κ1) is 16.3. The van der Waals surface area contributed by atoms with Crippen LogP contribution in [0.1, 0.15) is 13.8 Å². The molecular weight excluding hydrogens is 328 g/mol. The van der Waals surface area contributed by atoms with Crippen molar-refractivity contribution in [3.05, 3.63) is 53.6 Å². The van der Waals surface area contributed by atoms with Crippen LogP contribution in [-0.2, 0) is 9.59 Å². The number of halogens is 1. The number of hydrogen-bond donors (Lipinski definition) is 1. The summed E-state index contributed by atoms with van der Waals surface area (Å²) >= 11 is 5.86. The highest BCUT2D eigenvalue weighted by Crippen LogP contribution is 2.32. The molecule has 0 fully saturated rings. The highest BCUT2D eigenvalue weighted by Gasteiger charge is 2.38. The number of benzene rings is 2. The number of nitrogens with zero attached hydrogens (tertiary/aromatic N) is 1. The van der Waals surface area contributed by atoms with Crippen LogP contribution < -0.4 is 15.0 Å². The zero-order chi connectivity index (χ0) is 17.3. The molecule has 1 aliphatic rings. The molecule has 3 rings (SSSR count). The molecule has 24 heavy (non-hydrogen) atoms. The number of anilines is 2. The number of amides is 2. The second-order valence-electron chi connectivity index (χ2n) is 6.02. The molecule has 0 aliphatic carbocycles. The standard InChI is InChI=1S/C18H17ClN2O3/c1-18(2,24-13-9-7-12(19)8-10-13)17(23)21-11-16(22)20-14-5-3-4-6-15(14)21/h3-10H,11H2,1-2H3,(H,20,22). The number of ether oxygens (including phenoxy) is 1. The molecular formula is C18H17ClN2O3. The van der Waals surface area contributed by atoms with Gasteiger partial charge in [0.2, 0.25) is 5.91 Å². The van der Waals surface area contributed by atoms with Gasteiger partial charge in [0.25, 0.3) is 5.91 Å². The van der Waals surface area contributed by atoms with Gasteiger partial charge in [-0.25, -0.2) is 0 Å². The Kier molecular flexibility index (Phi) is 4.20. The summed E-state index contributed by atoms with van der Waals surface area (Å²) in [5.41, 5.74) is 0.137. The van der Waals surface area contributed by atoms with Crippen molar-refractivity contribution in [1.82, 2.24) is 0 Å².